The minimum atomic E-state index is 0.464. The Bertz CT molecular complexity index is 375. The van der Waals surface area contributed by atoms with Gasteiger partial charge in [0, 0.05) is 32.4 Å². The lowest BCUT2D eigenvalue weighted by molar-refractivity contribution is 0.193. The van der Waals surface area contributed by atoms with Crippen molar-refractivity contribution < 1.29 is 4.74 Å². The number of nitrogens with zero attached hydrogens (tertiary/aromatic N) is 2. The van der Waals surface area contributed by atoms with E-state index in [-0.39, 0.29) is 0 Å². The summed E-state index contributed by atoms with van der Waals surface area (Å²) in [5.41, 5.74) is 1.28. The number of ether oxygens (including phenoxy) is 1. The van der Waals surface area contributed by atoms with Crippen LogP contribution in [0.15, 0.2) is 18.3 Å². The monoisotopic (exact) mass is 249 g/mol. The van der Waals surface area contributed by atoms with Crippen molar-refractivity contribution in [3.63, 3.8) is 0 Å². The van der Waals surface area contributed by atoms with Gasteiger partial charge in [-0.1, -0.05) is 13.8 Å². The summed E-state index contributed by atoms with van der Waals surface area (Å²) in [7, 11) is 2.10. The fourth-order valence-electron chi connectivity index (χ4n) is 2.10. The highest BCUT2D eigenvalue weighted by Crippen LogP contribution is 2.18. The molecule has 1 N–H and O–H groups in total. The molecule has 4 nitrogen and oxygen atoms in total. The van der Waals surface area contributed by atoms with Gasteiger partial charge in [0.2, 0.25) is 0 Å². The lowest BCUT2D eigenvalue weighted by atomic mass is 10.2. The molecule has 0 bridgehead atoms. The quantitative estimate of drug-likeness (QED) is 0.863. The molecule has 0 saturated carbocycles. The van der Waals surface area contributed by atoms with Gasteiger partial charge in [0.05, 0.1) is 12.6 Å². The van der Waals surface area contributed by atoms with E-state index in [0.717, 1.165) is 32.0 Å². The van der Waals surface area contributed by atoms with Crippen LogP contribution in [0.1, 0.15) is 25.8 Å². The number of anilines is 1. The van der Waals surface area contributed by atoms with E-state index >= 15 is 0 Å². The Labute approximate surface area is 109 Å². The molecular weight excluding hydrogens is 226 g/mol. The van der Waals surface area contributed by atoms with Gasteiger partial charge >= 0.3 is 0 Å². The molecule has 1 aliphatic rings. The van der Waals surface area contributed by atoms with Gasteiger partial charge in [-0.25, -0.2) is 4.98 Å². The fraction of sp³-hybridized carbons (Fsp3) is 0.643. The smallest absolute Gasteiger partial charge is 0.128 e. The predicted octanol–water partition coefficient (Wildman–Crippen LogP) is 1.80. The minimum absolute atomic E-state index is 0.464. The molecule has 1 fully saturated rings. The van der Waals surface area contributed by atoms with Crippen LogP contribution in [0.4, 0.5) is 5.82 Å². The number of hydrogen-bond acceptors (Lipinski definition) is 4. The summed E-state index contributed by atoms with van der Waals surface area (Å²) in [6.07, 6.45) is 2.98. The van der Waals surface area contributed by atoms with Crippen molar-refractivity contribution in [2.24, 2.45) is 0 Å². The van der Waals surface area contributed by atoms with Crippen molar-refractivity contribution in [1.29, 1.82) is 0 Å². The third-order valence-corrected chi connectivity index (χ3v) is 3.34. The molecule has 2 heterocycles. The molecule has 1 aromatic rings. The molecule has 2 rings (SSSR count). The van der Waals surface area contributed by atoms with Crippen molar-refractivity contribution in [2.45, 2.75) is 38.9 Å². The molecule has 0 aliphatic carbocycles. The summed E-state index contributed by atoms with van der Waals surface area (Å²) in [6.45, 7) is 6.88. The number of likely N-dealkylation sites (N-methyl/N-ethyl adjacent to an activating group) is 1. The maximum Gasteiger partial charge on any atom is 0.128 e. The van der Waals surface area contributed by atoms with Gasteiger partial charge in [0.1, 0.15) is 5.82 Å². The van der Waals surface area contributed by atoms with E-state index in [2.05, 4.69) is 48.2 Å². The summed E-state index contributed by atoms with van der Waals surface area (Å²) in [4.78, 5) is 6.68. The molecule has 4 heteroatoms. The van der Waals surface area contributed by atoms with Crippen LogP contribution in [0.3, 0.4) is 0 Å². The second-order valence-corrected chi connectivity index (χ2v) is 5.19. The summed E-state index contributed by atoms with van der Waals surface area (Å²) >= 11 is 0. The largest absolute Gasteiger partial charge is 0.379 e. The predicted molar refractivity (Wildman–Crippen MR) is 73.8 cm³/mol. The minimum Gasteiger partial charge on any atom is -0.379 e. The van der Waals surface area contributed by atoms with Gasteiger partial charge in [-0.3, -0.25) is 0 Å². The van der Waals surface area contributed by atoms with Gasteiger partial charge in [-0.2, -0.15) is 0 Å². The first-order valence-corrected chi connectivity index (χ1v) is 6.65. The molecule has 1 saturated heterocycles. The van der Waals surface area contributed by atoms with Gasteiger partial charge < -0.3 is 15.0 Å². The zero-order valence-corrected chi connectivity index (χ0v) is 11.5. The van der Waals surface area contributed by atoms with Crippen LogP contribution in [0.2, 0.25) is 0 Å². The molecule has 18 heavy (non-hydrogen) atoms. The number of nitrogens with one attached hydrogen (secondary N) is 1. The Morgan fingerprint density at radius 3 is 3.06 bits per heavy atom. The van der Waals surface area contributed by atoms with Crippen molar-refractivity contribution in [2.75, 3.05) is 25.2 Å². The molecule has 1 aromatic heterocycles. The number of pyridine rings is 1. The fourth-order valence-corrected chi connectivity index (χ4v) is 2.10. The summed E-state index contributed by atoms with van der Waals surface area (Å²) in [5.74, 6) is 1.04. The third kappa shape index (κ3) is 3.43. The molecular formula is C14H23N3O. The van der Waals surface area contributed by atoms with Crippen molar-refractivity contribution >= 4 is 5.82 Å². The lowest BCUT2D eigenvalue weighted by Crippen LogP contribution is -2.32. The highest BCUT2D eigenvalue weighted by atomic mass is 16.5. The Balaban J connectivity index is 2.01. The van der Waals surface area contributed by atoms with Crippen molar-refractivity contribution in [1.82, 2.24) is 10.3 Å². The van der Waals surface area contributed by atoms with E-state index in [1.165, 1.54) is 5.56 Å². The van der Waals surface area contributed by atoms with Gasteiger partial charge in [-0.05, 0) is 24.1 Å². The molecule has 0 radical (unpaired) electrons. The number of hydrogen-bond donors (Lipinski definition) is 1. The molecule has 100 valence electrons. The molecule has 1 unspecified atom stereocenters. The van der Waals surface area contributed by atoms with Crippen LogP contribution in [0.5, 0.6) is 0 Å². The second kappa shape index (κ2) is 6.16. The first kappa shape index (κ1) is 13.3. The SMILES string of the molecule is CC(C)NCc1ccnc(N(C)C2CCOC2)c1. The van der Waals surface area contributed by atoms with E-state index in [1.54, 1.807) is 0 Å². The molecule has 0 spiro atoms. The van der Waals surface area contributed by atoms with E-state index in [0.29, 0.717) is 12.1 Å². The Kier molecular flexibility index (Phi) is 4.55. The van der Waals surface area contributed by atoms with Crippen LogP contribution < -0.4 is 10.2 Å². The molecule has 0 amide bonds. The zero-order chi connectivity index (χ0) is 13.0. The average molecular weight is 249 g/mol. The summed E-state index contributed by atoms with van der Waals surface area (Å²) in [6, 6.07) is 5.19. The van der Waals surface area contributed by atoms with E-state index in [9.17, 15) is 0 Å². The maximum absolute atomic E-state index is 5.43. The Morgan fingerprint density at radius 1 is 1.56 bits per heavy atom. The summed E-state index contributed by atoms with van der Waals surface area (Å²) < 4.78 is 5.43. The second-order valence-electron chi connectivity index (χ2n) is 5.19. The van der Waals surface area contributed by atoms with Crippen LogP contribution in [0, 0.1) is 0 Å². The van der Waals surface area contributed by atoms with Crippen molar-refractivity contribution in [3.05, 3.63) is 23.9 Å². The van der Waals surface area contributed by atoms with Gasteiger partial charge in [0.15, 0.2) is 0 Å². The Morgan fingerprint density at radius 2 is 2.39 bits per heavy atom. The first-order valence-electron chi connectivity index (χ1n) is 6.65. The topological polar surface area (TPSA) is 37.4 Å². The first-order chi connectivity index (χ1) is 8.66. The standard InChI is InChI=1S/C14H23N3O/c1-11(2)16-9-12-4-6-15-14(8-12)17(3)13-5-7-18-10-13/h4,6,8,11,13,16H,5,7,9-10H2,1-3H3. The number of aromatic nitrogens is 1. The Hall–Kier alpha value is -1.13. The van der Waals surface area contributed by atoms with Crippen LogP contribution >= 0.6 is 0 Å². The maximum atomic E-state index is 5.43. The average Bonchev–Trinajstić information content (AvgIpc) is 2.89. The zero-order valence-electron chi connectivity index (χ0n) is 11.5. The highest BCUT2D eigenvalue weighted by molar-refractivity contribution is 5.41. The van der Waals surface area contributed by atoms with Crippen molar-refractivity contribution in [3.8, 4) is 0 Å². The highest BCUT2D eigenvalue weighted by Gasteiger charge is 2.21. The van der Waals surface area contributed by atoms with Crippen LogP contribution in [0.25, 0.3) is 0 Å². The van der Waals surface area contributed by atoms with Gasteiger partial charge in [-0.15, -0.1) is 0 Å². The normalized spacial score (nSPS) is 19.4. The summed E-state index contributed by atoms with van der Waals surface area (Å²) in [5, 5.41) is 3.43. The lowest BCUT2D eigenvalue weighted by Gasteiger charge is -2.24. The van der Waals surface area contributed by atoms with Gasteiger partial charge in [0.25, 0.3) is 0 Å². The van der Waals surface area contributed by atoms with Crippen LogP contribution in [-0.4, -0.2) is 37.3 Å². The van der Waals surface area contributed by atoms with Crippen LogP contribution in [-0.2, 0) is 11.3 Å². The third-order valence-electron chi connectivity index (χ3n) is 3.34. The molecule has 1 aliphatic heterocycles. The van der Waals surface area contributed by atoms with E-state index < -0.39 is 0 Å². The molecule has 1 atom stereocenters. The number of rotatable bonds is 5. The van der Waals surface area contributed by atoms with E-state index in [1.807, 2.05) is 6.20 Å². The van der Waals surface area contributed by atoms with E-state index in [4.69, 9.17) is 4.74 Å². The molecule has 0 aromatic carbocycles.